The van der Waals surface area contributed by atoms with Crippen LogP contribution in [-0.2, 0) is 27.9 Å². The summed E-state index contributed by atoms with van der Waals surface area (Å²) in [7, 11) is 1.15. The van der Waals surface area contributed by atoms with Crippen LogP contribution in [0, 0.1) is 0 Å². The van der Waals surface area contributed by atoms with Gasteiger partial charge in [-0.15, -0.1) is 0 Å². The number of amides is 1. The summed E-state index contributed by atoms with van der Waals surface area (Å²) in [6.07, 6.45) is 79.1. The van der Waals surface area contributed by atoms with Gasteiger partial charge in [-0.2, -0.15) is 0 Å². The number of quaternary nitrogens is 1. The van der Waals surface area contributed by atoms with Crippen molar-refractivity contribution < 1.29 is 37.3 Å². The predicted molar refractivity (Wildman–Crippen MR) is 339 cm³/mol. The Hall–Kier alpha value is -3.33. The molecule has 0 aliphatic carbocycles. The molecule has 3 unspecified atom stereocenters. The minimum Gasteiger partial charge on any atom is -0.756 e. The van der Waals surface area contributed by atoms with Crippen LogP contribution in [0.3, 0.4) is 0 Å². The summed E-state index contributed by atoms with van der Waals surface area (Å²) in [4.78, 5) is 40.0. The fraction of sp³-hybridized carbons (Fsp3) is 0.710. The minimum atomic E-state index is -4.71. The van der Waals surface area contributed by atoms with Crippen molar-refractivity contribution in [1.82, 2.24) is 5.32 Å². The summed E-state index contributed by atoms with van der Waals surface area (Å²) < 4.78 is 30.3. The zero-order valence-corrected chi connectivity index (χ0v) is 52.7. The lowest BCUT2D eigenvalue weighted by Crippen LogP contribution is -2.47. The number of likely N-dealkylation sites (N-methyl/N-ethyl adjacent to an activating group) is 1. The van der Waals surface area contributed by atoms with E-state index in [2.05, 4.69) is 123 Å². The number of nitrogens with zero attached hydrogens (tertiary/aromatic N) is 1. The monoisotopic (exact) mass is 1120 g/mol. The lowest BCUT2D eigenvalue weighted by Gasteiger charge is -2.30. The van der Waals surface area contributed by atoms with Gasteiger partial charge in [0.25, 0.3) is 7.82 Å². The van der Waals surface area contributed by atoms with E-state index in [1.54, 1.807) is 0 Å². The molecule has 0 aromatic rings. The first-order valence-electron chi connectivity index (χ1n) is 32.2. The number of nitrogens with one attached hydrogen (secondary N) is 1. The third-order valence-corrected chi connectivity index (χ3v) is 14.7. The number of allylic oxidation sites excluding steroid dienone is 17. The molecule has 1 amide bonds. The Kier molecular flexibility index (Phi) is 55.4. The van der Waals surface area contributed by atoms with Crippen LogP contribution in [0.25, 0.3) is 0 Å². The zero-order chi connectivity index (χ0) is 57.9. The molecule has 0 saturated carbocycles. The normalized spacial score (nSPS) is 14.4. The first-order valence-corrected chi connectivity index (χ1v) is 33.7. The largest absolute Gasteiger partial charge is 0.756 e. The number of esters is 1. The molecule has 79 heavy (non-hydrogen) atoms. The van der Waals surface area contributed by atoms with Crippen molar-refractivity contribution in [2.45, 2.75) is 277 Å². The van der Waals surface area contributed by atoms with Gasteiger partial charge >= 0.3 is 5.97 Å². The average Bonchev–Trinajstić information content (AvgIpc) is 3.41. The number of carbonyl (C=O) groups is 2. The molecular weight excluding hydrogens is 1000 g/mol. The molecule has 454 valence electrons. The average molecular weight is 1120 g/mol. The van der Waals surface area contributed by atoms with Crippen molar-refractivity contribution in [1.29, 1.82) is 0 Å². The van der Waals surface area contributed by atoms with Crippen LogP contribution >= 0.6 is 7.82 Å². The molecule has 0 radical (unpaired) electrons. The van der Waals surface area contributed by atoms with Gasteiger partial charge in [-0.05, 0) is 109 Å². The van der Waals surface area contributed by atoms with Crippen molar-refractivity contribution in [2.75, 3.05) is 40.9 Å². The topological polar surface area (TPSA) is 114 Å². The third kappa shape index (κ3) is 59.1. The summed E-state index contributed by atoms with van der Waals surface area (Å²) in [5.41, 5.74) is 0. The van der Waals surface area contributed by atoms with E-state index in [1.807, 2.05) is 33.3 Å². The Morgan fingerprint density at radius 1 is 0.468 bits per heavy atom. The van der Waals surface area contributed by atoms with E-state index < -0.39 is 26.6 Å². The molecule has 0 spiro atoms. The van der Waals surface area contributed by atoms with Crippen LogP contribution in [0.15, 0.2) is 109 Å². The molecule has 0 bridgehead atoms. The lowest BCUT2D eigenvalue weighted by atomic mass is 10.0. The second-order valence-corrected chi connectivity index (χ2v) is 24.0. The Morgan fingerprint density at radius 3 is 1.32 bits per heavy atom. The number of phosphoric acid groups is 1. The second kappa shape index (κ2) is 57.9. The highest BCUT2D eigenvalue weighted by molar-refractivity contribution is 7.45. The number of carbonyl (C=O) groups excluding carboxylic acids is 2. The van der Waals surface area contributed by atoms with Crippen molar-refractivity contribution in [2.24, 2.45) is 0 Å². The molecule has 3 atom stereocenters. The lowest BCUT2D eigenvalue weighted by molar-refractivity contribution is -0.870. The molecule has 0 saturated heterocycles. The molecular formula is C69H121N2O7P. The van der Waals surface area contributed by atoms with Crippen LogP contribution in [0.1, 0.15) is 265 Å². The van der Waals surface area contributed by atoms with E-state index in [1.165, 1.54) is 77.0 Å². The predicted octanol–water partition coefficient (Wildman–Crippen LogP) is 19.5. The molecule has 0 heterocycles. The highest BCUT2D eigenvalue weighted by atomic mass is 31.2. The number of phosphoric ester groups is 1. The molecule has 10 heteroatoms. The Bertz CT molecular complexity index is 1720. The maximum absolute atomic E-state index is 13.6. The molecule has 0 aromatic carbocycles. The van der Waals surface area contributed by atoms with Crippen LogP contribution in [-0.4, -0.2) is 69.4 Å². The first kappa shape index (κ1) is 75.7. The quantitative estimate of drug-likeness (QED) is 0.0161. The summed E-state index contributed by atoms with van der Waals surface area (Å²) in [6, 6.07) is -0.908. The standard InChI is InChI=1S/C69H121N2O7P/c1-7-10-13-16-19-22-25-28-30-31-32-33-34-35-36-37-38-39-41-43-46-49-52-55-58-61-68(72)70-66(65-77-79(74,75)76-64-63-71(4,5)6)67(60-57-54-51-48-45-42-27-24-21-18-15-12-9-3)78-69(73)62-59-56-53-50-47-44-40-29-26-23-20-17-14-11-8-2/h10,13,19-20,22-23,26,28-30,32-33,35-36,38-39,57,60,66-67H,7-9,11-12,14-18,21,24-25,27,31,34,37,40-56,58-59,61-65H2,1-6H3,(H-,70,72,74,75)/b13-10-,22-19-,23-20+,29-26+,30-28-,33-32-,36-35-,39-38-,60-57-. The number of unbranched alkanes of at least 4 members (excludes halogenated alkanes) is 26. The third-order valence-electron chi connectivity index (χ3n) is 13.7. The number of rotatable bonds is 57. The van der Waals surface area contributed by atoms with Gasteiger partial charge in [0.1, 0.15) is 19.3 Å². The van der Waals surface area contributed by atoms with Crippen LogP contribution in [0.5, 0.6) is 0 Å². The van der Waals surface area contributed by atoms with Gasteiger partial charge in [0.05, 0.1) is 33.8 Å². The van der Waals surface area contributed by atoms with Gasteiger partial charge in [0.15, 0.2) is 0 Å². The van der Waals surface area contributed by atoms with E-state index in [0.29, 0.717) is 30.3 Å². The molecule has 0 aliphatic heterocycles. The van der Waals surface area contributed by atoms with E-state index in [-0.39, 0.29) is 24.9 Å². The highest BCUT2D eigenvalue weighted by Gasteiger charge is 2.27. The number of ether oxygens (including phenoxy) is 1. The Balaban J connectivity index is 5.25. The van der Waals surface area contributed by atoms with Gasteiger partial charge in [0.2, 0.25) is 5.91 Å². The molecule has 1 N–H and O–H groups in total. The fourth-order valence-corrected chi connectivity index (χ4v) is 9.47. The van der Waals surface area contributed by atoms with E-state index in [0.717, 1.165) is 141 Å². The molecule has 0 rings (SSSR count). The summed E-state index contributed by atoms with van der Waals surface area (Å²) in [5, 5.41) is 3.02. The first-order chi connectivity index (χ1) is 38.4. The van der Waals surface area contributed by atoms with Crippen molar-refractivity contribution in [3.63, 3.8) is 0 Å². The van der Waals surface area contributed by atoms with E-state index in [4.69, 9.17) is 13.8 Å². The Morgan fingerprint density at radius 2 is 0.848 bits per heavy atom. The Labute approximate surface area is 487 Å². The summed E-state index contributed by atoms with van der Waals surface area (Å²) in [5.74, 6) is -0.575. The van der Waals surface area contributed by atoms with E-state index in [9.17, 15) is 19.0 Å². The van der Waals surface area contributed by atoms with E-state index >= 15 is 0 Å². The van der Waals surface area contributed by atoms with Gasteiger partial charge in [-0.25, -0.2) is 0 Å². The number of hydrogen-bond donors (Lipinski definition) is 1. The SMILES string of the molecule is CC/C=C\C/C=C\C/C=C\C/C=C\C/C=C\C/C=C\CCCCCCCCC(=O)NC(COP(=O)([O-])OCC[N+](C)(C)C)C(/C=C\CCCCCCCCCCCCC)OC(=O)CCCCCCCC/C=C/C=C/CCCCC. The highest BCUT2D eigenvalue weighted by Crippen LogP contribution is 2.38. The van der Waals surface area contributed by atoms with Crippen molar-refractivity contribution in [3.05, 3.63) is 109 Å². The maximum atomic E-state index is 13.6. The zero-order valence-electron chi connectivity index (χ0n) is 51.8. The van der Waals surface area contributed by atoms with Crippen LogP contribution in [0.4, 0.5) is 0 Å². The van der Waals surface area contributed by atoms with Crippen molar-refractivity contribution >= 4 is 19.7 Å². The summed E-state index contributed by atoms with van der Waals surface area (Å²) in [6.45, 7) is 6.68. The molecule has 0 aliphatic rings. The van der Waals surface area contributed by atoms with Gasteiger partial charge in [0, 0.05) is 12.8 Å². The maximum Gasteiger partial charge on any atom is 0.306 e. The number of hydrogen-bond acceptors (Lipinski definition) is 7. The molecule has 9 nitrogen and oxygen atoms in total. The van der Waals surface area contributed by atoms with Crippen molar-refractivity contribution in [3.8, 4) is 0 Å². The van der Waals surface area contributed by atoms with Crippen LogP contribution in [0.2, 0.25) is 0 Å². The molecule has 0 aromatic heterocycles. The van der Waals surface area contributed by atoms with Gasteiger partial charge in [-0.1, -0.05) is 252 Å². The minimum absolute atomic E-state index is 0.0328. The van der Waals surface area contributed by atoms with Gasteiger partial charge in [-0.3, -0.25) is 14.2 Å². The smallest absolute Gasteiger partial charge is 0.306 e. The summed E-state index contributed by atoms with van der Waals surface area (Å²) >= 11 is 0. The molecule has 0 fully saturated rings. The van der Waals surface area contributed by atoms with Crippen LogP contribution < -0.4 is 10.2 Å². The van der Waals surface area contributed by atoms with Gasteiger partial charge < -0.3 is 28.5 Å². The second-order valence-electron chi connectivity index (χ2n) is 22.6. The fourth-order valence-electron chi connectivity index (χ4n) is 8.75.